The molecule has 1 aromatic rings. The van der Waals surface area contributed by atoms with Crippen LogP contribution in [0.25, 0.3) is 0 Å². The Morgan fingerprint density at radius 3 is 2.16 bits per heavy atom. The maximum Gasteiger partial charge on any atom is 0.434 e. The number of halogens is 7. The van der Waals surface area contributed by atoms with Crippen LogP contribution in [0.4, 0.5) is 26.3 Å². The first-order valence-corrected chi connectivity index (χ1v) is 10.1. The van der Waals surface area contributed by atoms with Crippen LogP contribution in [0.15, 0.2) is 56.3 Å². The maximum atomic E-state index is 12.9. The summed E-state index contributed by atoms with van der Waals surface area (Å²) in [6.45, 7) is 0.577. The molecule has 0 fully saturated rings. The summed E-state index contributed by atoms with van der Waals surface area (Å²) in [7, 11) is 1.08. The predicted octanol–water partition coefficient (Wildman–Crippen LogP) is 6.06. The molecule has 2 rings (SSSR count). The van der Waals surface area contributed by atoms with Gasteiger partial charge in [-0.3, -0.25) is 4.99 Å². The van der Waals surface area contributed by atoms with E-state index in [1.54, 1.807) is 6.08 Å². The van der Waals surface area contributed by atoms with E-state index in [4.69, 9.17) is 9.47 Å². The first-order valence-electron chi connectivity index (χ1n) is 9.10. The van der Waals surface area contributed by atoms with E-state index in [2.05, 4.69) is 8.20 Å². The van der Waals surface area contributed by atoms with Crippen LogP contribution in [0.3, 0.4) is 0 Å². The summed E-state index contributed by atoms with van der Waals surface area (Å²) in [5.74, 6) is 0.407. The van der Waals surface area contributed by atoms with Crippen molar-refractivity contribution in [2.24, 2.45) is 8.20 Å². The summed E-state index contributed by atoms with van der Waals surface area (Å²) in [5, 5.41) is 0. The fourth-order valence-corrected chi connectivity index (χ4v) is 3.32. The van der Waals surface area contributed by atoms with Gasteiger partial charge in [0.05, 0.1) is 42.2 Å². The summed E-state index contributed by atoms with van der Waals surface area (Å²) in [5.41, 5.74) is -1.94. The van der Waals surface area contributed by atoms with Gasteiger partial charge in [0.2, 0.25) is 0 Å². The van der Waals surface area contributed by atoms with Crippen LogP contribution in [0.1, 0.15) is 18.4 Å². The van der Waals surface area contributed by atoms with E-state index in [1.165, 1.54) is 59.3 Å². The smallest absolute Gasteiger partial charge is 0.434 e. The van der Waals surface area contributed by atoms with Gasteiger partial charge in [-0.05, 0) is 30.7 Å². The molecule has 0 aromatic heterocycles. The van der Waals surface area contributed by atoms with Crippen LogP contribution in [-0.2, 0) is 4.74 Å². The fourth-order valence-electron chi connectivity index (χ4n) is 2.77. The van der Waals surface area contributed by atoms with Gasteiger partial charge in [-0.25, -0.2) is 3.21 Å². The Bertz CT molecular complexity index is 858. The van der Waals surface area contributed by atoms with Crippen molar-refractivity contribution >= 4 is 34.3 Å². The van der Waals surface area contributed by atoms with E-state index < -0.39 is 23.8 Å². The van der Waals surface area contributed by atoms with Crippen molar-refractivity contribution in [3.8, 4) is 5.75 Å². The number of hydrogen-bond donors (Lipinski definition) is 0. The fraction of sp³-hybridized carbons (Fsp3) is 0.400. The van der Waals surface area contributed by atoms with Gasteiger partial charge in [0.15, 0.2) is 5.71 Å². The normalized spacial score (nSPS) is 18.2. The number of nitrogens with zero attached hydrogens (tertiary/aromatic N) is 2. The van der Waals surface area contributed by atoms with E-state index in [1.807, 2.05) is 0 Å². The lowest BCUT2D eigenvalue weighted by atomic mass is 10.0. The Morgan fingerprint density at radius 2 is 1.68 bits per heavy atom. The highest BCUT2D eigenvalue weighted by Crippen LogP contribution is 2.27. The van der Waals surface area contributed by atoms with Crippen molar-refractivity contribution < 1.29 is 35.8 Å². The molecule has 11 heteroatoms. The number of benzene rings is 1. The molecule has 0 heterocycles. The standard InChI is InChI=1S/C20H19F6IN2O2/c1-28-17(19(21,22)23)13-3-7-15(8-4-13)30-11-2-12-31-16-9-5-14(6-10-16)18(29-27)20(24,25)26/h3-9,16H,2,10-12H2,1H3. The van der Waals surface area contributed by atoms with Gasteiger partial charge in [-0.2, -0.15) is 26.3 Å². The Balaban J connectivity index is 1.73. The molecule has 0 saturated heterocycles. The molecule has 1 aliphatic carbocycles. The van der Waals surface area contributed by atoms with E-state index in [-0.39, 0.29) is 23.8 Å². The minimum Gasteiger partial charge on any atom is -0.494 e. The average molecular weight is 560 g/mol. The Kier molecular flexibility index (Phi) is 9.10. The van der Waals surface area contributed by atoms with Crippen LogP contribution in [-0.4, -0.2) is 50.1 Å². The third-order valence-corrected chi connectivity index (χ3v) is 4.68. The number of aliphatic imine (C=N–C) groups is 1. The Labute approximate surface area is 189 Å². The third-order valence-electron chi connectivity index (χ3n) is 4.20. The van der Waals surface area contributed by atoms with Crippen LogP contribution in [0.2, 0.25) is 0 Å². The van der Waals surface area contributed by atoms with Crippen molar-refractivity contribution in [2.45, 2.75) is 31.3 Å². The highest BCUT2D eigenvalue weighted by Gasteiger charge is 2.38. The lowest BCUT2D eigenvalue weighted by Gasteiger charge is -2.18. The molecule has 1 unspecified atom stereocenters. The van der Waals surface area contributed by atoms with Crippen molar-refractivity contribution in [1.82, 2.24) is 0 Å². The van der Waals surface area contributed by atoms with Gasteiger partial charge in [-0.1, -0.05) is 18.2 Å². The molecule has 1 aromatic carbocycles. The van der Waals surface area contributed by atoms with Crippen molar-refractivity contribution in [3.05, 3.63) is 53.6 Å². The molecule has 1 aliphatic rings. The summed E-state index contributed by atoms with van der Waals surface area (Å²) < 4.78 is 91.4. The van der Waals surface area contributed by atoms with Gasteiger partial charge in [0.1, 0.15) is 11.5 Å². The summed E-state index contributed by atoms with van der Waals surface area (Å²) >= 11 is 1.32. The zero-order chi connectivity index (χ0) is 23.1. The number of allylic oxidation sites excluding steroid dienone is 2. The molecular weight excluding hydrogens is 541 g/mol. The second-order valence-electron chi connectivity index (χ2n) is 6.39. The van der Waals surface area contributed by atoms with Gasteiger partial charge < -0.3 is 9.47 Å². The molecule has 31 heavy (non-hydrogen) atoms. The third kappa shape index (κ3) is 7.63. The van der Waals surface area contributed by atoms with Crippen molar-refractivity contribution in [2.75, 3.05) is 20.3 Å². The highest BCUT2D eigenvalue weighted by atomic mass is 127. The van der Waals surface area contributed by atoms with Crippen LogP contribution in [0.5, 0.6) is 5.75 Å². The molecule has 1 atom stereocenters. The molecule has 4 nitrogen and oxygen atoms in total. The van der Waals surface area contributed by atoms with Crippen LogP contribution in [0, 0.1) is 0 Å². The summed E-state index contributed by atoms with van der Waals surface area (Å²) in [6.07, 6.45) is -4.28. The van der Waals surface area contributed by atoms with E-state index in [0.717, 1.165) is 7.05 Å². The molecule has 170 valence electrons. The van der Waals surface area contributed by atoms with E-state index in [9.17, 15) is 26.3 Å². The molecular formula is C20H19F6IN2O2. The van der Waals surface area contributed by atoms with Crippen LogP contribution < -0.4 is 4.74 Å². The number of alkyl halides is 6. The molecule has 0 N–H and O–H groups in total. The Hall–Kier alpha value is -1.89. The van der Waals surface area contributed by atoms with Gasteiger partial charge >= 0.3 is 12.4 Å². The minimum absolute atomic E-state index is 0.00956. The lowest BCUT2D eigenvalue weighted by molar-refractivity contribution is -0.0588. The average Bonchev–Trinajstić information content (AvgIpc) is 2.69. The molecule has 0 amide bonds. The minimum atomic E-state index is -4.53. The first kappa shape index (κ1) is 25.4. The SMILES string of the molecule is CN=C(c1ccc(OCCCOC2C=CC(C(=NI)C(F)(F)F)=CC2)cc1)C(F)(F)F. The first-order chi connectivity index (χ1) is 14.6. The predicted molar refractivity (Wildman–Crippen MR) is 114 cm³/mol. The van der Waals surface area contributed by atoms with Gasteiger partial charge in [-0.15, -0.1) is 0 Å². The largest absolute Gasteiger partial charge is 0.494 e. The van der Waals surface area contributed by atoms with Crippen molar-refractivity contribution in [3.63, 3.8) is 0 Å². The molecule has 0 bridgehead atoms. The molecule has 0 aliphatic heterocycles. The highest BCUT2D eigenvalue weighted by molar-refractivity contribution is 14.1. The zero-order valence-corrected chi connectivity index (χ0v) is 18.5. The Morgan fingerprint density at radius 1 is 1.03 bits per heavy atom. The van der Waals surface area contributed by atoms with E-state index >= 15 is 0 Å². The van der Waals surface area contributed by atoms with Crippen LogP contribution >= 0.6 is 22.9 Å². The second kappa shape index (κ2) is 11.1. The number of rotatable bonds is 8. The topological polar surface area (TPSA) is 43.2 Å². The second-order valence-corrected chi connectivity index (χ2v) is 6.87. The summed E-state index contributed by atoms with van der Waals surface area (Å²) in [6, 6.07) is 5.42. The zero-order valence-electron chi connectivity index (χ0n) is 16.3. The quantitative estimate of drug-likeness (QED) is 0.168. The van der Waals surface area contributed by atoms with E-state index in [0.29, 0.717) is 25.2 Å². The molecule has 0 saturated carbocycles. The number of ether oxygens (including phenoxy) is 2. The molecule has 0 radical (unpaired) electrons. The lowest BCUT2D eigenvalue weighted by Crippen LogP contribution is -2.25. The maximum absolute atomic E-state index is 12.9. The number of hydrogen-bond acceptors (Lipinski definition) is 4. The van der Waals surface area contributed by atoms with Crippen molar-refractivity contribution in [1.29, 1.82) is 0 Å². The summed E-state index contributed by atoms with van der Waals surface area (Å²) in [4.78, 5) is 3.28. The van der Waals surface area contributed by atoms with Gasteiger partial charge in [0, 0.05) is 24.6 Å². The van der Waals surface area contributed by atoms with Gasteiger partial charge in [0.25, 0.3) is 0 Å². The molecule has 0 spiro atoms. The monoisotopic (exact) mass is 560 g/mol.